The number of rotatable bonds is 5. The summed E-state index contributed by atoms with van der Waals surface area (Å²) >= 11 is 0. The molecule has 0 aliphatic heterocycles. The van der Waals surface area contributed by atoms with E-state index in [1.807, 2.05) is 6.92 Å². The van der Waals surface area contributed by atoms with Crippen LogP contribution < -0.4 is 5.73 Å². The number of nitrogens with two attached hydrogens (primary N) is 1. The molecule has 1 aromatic rings. The monoisotopic (exact) mass is 310 g/mol. The van der Waals surface area contributed by atoms with Crippen molar-refractivity contribution in [2.45, 2.75) is 37.1 Å². The lowest BCUT2D eigenvalue weighted by atomic mass is 10.2. The molecule has 0 atom stereocenters. The van der Waals surface area contributed by atoms with Crippen molar-refractivity contribution in [1.29, 1.82) is 0 Å². The summed E-state index contributed by atoms with van der Waals surface area (Å²) < 4.78 is 40.6. The Kier molecular flexibility index (Phi) is 4.99. The van der Waals surface area contributed by atoms with Gasteiger partial charge in [0.1, 0.15) is 5.82 Å². The molecule has 2 N–H and O–H groups in total. The Hall–Kier alpha value is -1.42. The van der Waals surface area contributed by atoms with E-state index in [2.05, 4.69) is 11.8 Å². The highest BCUT2D eigenvalue weighted by Crippen LogP contribution is 2.32. The third-order valence-corrected chi connectivity index (χ3v) is 5.22. The number of benzene rings is 1. The second-order valence-corrected chi connectivity index (χ2v) is 6.89. The fourth-order valence-electron chi connectivity index (χ4n) is 2.12. The van der Waals surface area contributed by atoms with E-state index >= 15 is 0 Å². The molecular formula is C15H19FN2O2S. The van der Waals surface area contributed by atoms with Crippen molar-refractivity contribution in [2.75, 3.05) is 13.1 Å². The molecule has 0 bridgehead atoms. The van der Waals surface area contributed by atoms with Gasteiger partial charge < -0.3 is 5.73 Å². The van der Waals surface area contributed by atoms with Crippen LogP contribution in [-0.4, -0.2) is 31.9 Å². The zero-order valence-electron chi connectivity index (χ0n) is 12.0. The zero-order valence-corrected chi connectivity index (χ0v) is 12.8. The van der Waals surface area contributed by atoms with Gasteiger partial charge in [-0.2, -0.15) is 4.31 Å². The van der Waals surface area contributed by atoms with Gasteiger partial charge in [-0.3, -0.25) is 0 Å². The van der Waals surface area contributed by atoms with Gasteiger partial charge >= 0.3 is 0 Å². The minimum absolute atomic E-state index is 0.0151. The molecule has 0 saturated heterocycles. The van der Waals surface area contributed by atoms with Gasteiger partial charge in [0.15, 0.2) is 0 Å². The van der Waals surface area contributed by atoms with Crippen molar-refractivity contribution in [3.8, 4) is 11.8 Å². The quantitative estimate of drug-likeness (QED) is 0.842. The lowest BCUT2D eigenvalue weighted by Crippen LogP contribution is -2.33. The molecule has 0 amide bonds. The van der Waals surface area contributed by atoms with E-state index in [1.54, 1.807) is 0 Å². The first kappa shape index (κ1) is 16.0. The van der Waals surface area contributed by atoms with E-state index < -0.39 is 15.8 Å². The average molecular weight is 310 g/mol. The summed E-state index contributed by atoms with van der Waals surface area (Å²) in [6.07, 6.45) is 2.49. The Balaban J connectivity index is 2.33. The summed E-state index contributed by atoms with van der Waals surface area (Å²) in [5.74, 6) is 4.50. The van der Waals surface area contributed by atoms with Crippen LogP contribution >= 0.6 is 0 Å². The largest absolute Gasteiger partial charge is 0.320 e. The Morgan fingerprint density at radius 3 is 2.67 bits per heavy atom. The summed E-state index contributed by atoms with van der Waals surface area (Å²) in [4.78, 5) is -0.0151. The Morgan fingerprint density at radius 1 is 1.43 bits per heavy atom. The van der Waals surface area contributed by atoms with E-state index in [0.29, 0.717) is 6.54 Å². The van der Waals surface area contributed by atoms with Gasteiger partial charge in [0.05, 0.1) is 17.0 Å². The fourth-order valence-corrected chi connectivity index (χ4v) is 3.91. The van der Waals surface area contributed by atoms with Gasteiger partial charge in [-0.05, 0) is 37.5 Å². The van der Waals surface area contributed by atoms with Crippen molar-refractivity contribution in [3.63, 3.8) is 0 Å². The minimum Gasteiger partial charge on any atom is -0.320 e. The first-order chi connectivity index (χ1) is 10.0. The maximum atomic E-state index is 13.9. The standard InChI is InChI=1S/C15H19FN2O2S/c1-2-10-18(13-6-7-13)21(19,20)14-8-5-12(4-3-9-17)15(16)11-14/h5,8,11,13H,2,6-7,9-10,17H2,1H3. The van der Waals surface area contributed by atoms with Gasteiger partial charge in [0, 0.05) is 12.6 Å². The van der Waals surface area contributed by atoms with Crippen molar-refractivity contribution in [2.24, 2.45) is 5.73 Å². The number of nitrogens with zero attached hydrogens (tertiary/aromatic N) is 1. The van der Waals surface area contributed by atoms with Crippen LogP contribution in [0.2, 0.25) is 0 Å². The van der Waals surface area contributed by atoms with Crippen molar-refractivity contribution in [3.05, 3.63) is 29.6 Å². The SMILES string of the molecule is CCCN(C1CC1)S(=O)(=O)c1ccc(C#CCN)c(F)c1. The van der Waals surface area contributed by atoms with Crippen LogP contribution in [0, 0.1) is 17.7 Å². The molecule has 1 aliphatic carbocycles. The molecule has 4 nitrogen and oxygen atoms in total. The Bertz CT molecular complexity index is 673. The molecule has 0 radical (unpaired) electrons. The van der Waals surface area contributed by atoms with Gasteiger partial charge in [-0.25, -0.2) is 12.8 Å². The van der Waals surface area contributed by atoms with E-state index in [4.69, 9.17) is 5.73 Å². The van der Waals surface area contributed by atoms with Gasteiger partial charge in [0.2, 0.25) is 10.0 Å². The van der Waals surface area contributed by atoms with Crippen molar-refractivity contribution >= 4 is 10.0 Å². The summed E-state index contributed by atoms with van der Waals surface area (Å²) in [6.45, 7) is 2.52. The molecule has 0 spiro atoms. The van der Waals surface area contributed by atoms with E-state index in [1.165, 1.54) is 16.4 Å². The maximum absolute atomic E-state index is 13.9. The number of sulfonamides is 1. The molecule has 1 aromatic carbocycles. The third-order valence-electron chi connectivity index (χ3n) is 3.27. The predicted molar refractivity (Wildman–Crippen MR) is 79.5 cm³/mol. The maximum Gasteiger partial charge on any atom is 0.243 e. The average Bonchev–Trinajstić information content (AvgIpc) is 3.27. The van der Waals surface area contributed by atoms with E-state index in [-0.39, 0.29) is 23.0 Å². The first-order valence-electron chi connectivity index (χ1n) is 7.01. The normalized spacial score (nSPS) is 14.9. The molecule has 6 heteroatoms. The minimum atomic E-state index is -3.64. The summed E-state index contributed by atoms with van der Waals surface area (Å²) in [6, 6.07) is 3.90. The van der Waals surface area contributed by atoms with Crippen LogP contribution in [0.15, 0.2) is 23.1 Å². The second kappa shape index (κ2) is 6.56. The highest BCUT2D eigenvalue weighted by atomic mass is 32.2. The van der Waals surface area contributed by atoms with Gasteiger partial charge in [-0.1, -0.05) is 18.8 Å². The summed E-state index contributed by atoms with van der Waals surface area (Å²) in [5.41, 5.74) is 5.40. The summed E-state index contributed by atoms with van der Waals surface area (Å²) in [7, 11) is -3.64. The van der Waals surface area contributed by atoms with Crippen LogP contribution in [0.3, 0.4) is 0 Å². The number of hydrogen-bond acceptors (Lipinski definition) is 3. The van der Waals surface area contributed by atoms with E-state index in [9.17, 15) is 12.8 Å². The lowest BCUT2D eigenvalue weighted by Gasteiger charge is -2.21. The van der Waals surface area contributed by atoms with Gasteiger partial charge in [0.25, 0.3) is 0 Å². The molecule has 0 heterocycles. The third kappa shape index (κ3) is 3.62. The molecule has 114 valence electrons. The van der Waals surface area contributed by atoms with Crippen molar-refractivity contribution < 1.29 is 12.8 Å². The lowest BCUT2D eigenvalue weighted by molar-refractivity contribution is 0.403. The first-order valence-corrected chi connectivity index (χ1v) is 8.45. The van der Waals surface area contributed by atoms with Crippen LogP contribution in [0.25, 0.3) is 0 Å². The Morgan fingerprint density at radius 2 is 2.14 bits per heavy atom. The topological polar surface area (TPSA) is 63.4 Å². The molecule has 0 aromatic heterocycles. The molecule has 1 aliphatic rings. The highest BCUT2D eigenvalue weighted by molar-refractivity contribution is 7.89. The second-order valence-electron chi connectivity index (χ2n) is 4.99. The summed E-state index contributed by atoms with van der Waals surface area (Å²) in [5, 5.41) is 0. The molecule has 2 rings (SSSR count). The number of halogens is 1. The molecule has 1 fully saturated rings. The van der Waals surface area contributed by atoms with Crippen LogP contribution in [0.5, 0.6) is 0 Å². The number of hydrogen-bond donors (Lipinski definition) is 1. The highest BCUT2D eigenvalue weighted by Gasteiger charge is 2.37. The smallest absolute Gasteiger partial charge is 0.243 e. The predicted octanol–water partition coefficient (Wildman–Crippen LogP) is 1.70. The molecular weight excluding hydrogens is 291 g/mol. The molecule has 0 unspecified atom stereocenters. The Labute approximate surface area is 125 Å². The van der Waals surface area contributed by atoms with Gasteiger partial charge in [-0.15, -0.1) is 0 Å². The molecule has 1 saturated carbocycles. The van der Waals surface area contributed by atoms with Crippen molar-refractivity contribution in [1.82, 2.24) is 4.31 Å². The zero-order chi connectivity index (χ0) is 15.5. The van der Waals surface area contributed by atoms with Crippen LogP contribution in [0.1, 0.15) is 31.7 Å². The molecule has 21 heavy (non-hydrogen) atoms. The van der Waals surface area contributed by atoms with E-state index in [0.717, 1.165) is 25.3 Å². The van der Waals surface area contributed by atoms with Crippen LogP contribution in [0.4, 0.5) is 4.39 Å². The fraction of sp³-hybridized carbons (Fsp3) is 0.467. The van der Waals surface area contributed by atoms with Crippen LogP contribution in [-0.2, 0) is 10.0 Å².